The molecule has 0 saturated carbocycles. The number of aliphatic hydroxyl groups is 1. The maximum Gasteiger partial charge on any atom is 0.107 e. The zero-order valence-corrected chi connectivity index (χ0v) is 13.9. The summed E-state index contributed by atoms with van der Waals surface area (Å²) in [5.41, 5.74) is 8.14. The summed E-state index contributed by atoms with van der Waals surface area (Å²) in [5, 5.41) is 10.9. The van der Waals surface area contributed by atoms with Gasteiger partial charge in [0.25, 0.3) is 0 Å². The van der Waals surface area contributed by atoms with Crippen LogP contribution in [0.1, 0.15) is 28.5 Å². The van der Waals surface area contributed by atoms with E-state index >= 15 is 0 Å². The third kappa shape index (κ3) is 2.14. The van der Waals surface area contributed by atoms with Gasteiger partial charge < -0.3 is 10.8 Å². The van der Waals surface area contributed by atoms with Crippen LogP contribution in [0.5, 0.6) is 0 Å². The number of rotatable bonds is 3. The number of nitrogens with two attached hydrogens (primary N) is 1. The van der Waals surface area contributed by atoms with Crippen molar-refractivity contribution in [3.63, 3.8) is 0 Å². The Bertz CT molecular complexity index is 625. The quantitative estimate of drug-likeness (QED) is 0.854. The fourth-order valence-electron chi connectivity index (χ4n) is 3.09. The number of benzene rings is 1. The molecule has 1 aromatic carbocycles. The Kier molecular flexibility index (Phi) is 3.95. The molecule has 1 aliphatic carbocycles. The summed E-state index contributed by atoms with van der Waals surface area (Å²) in [6.07, 6.45) is 1.21. The molecule has 0 aliphatic heterocycles. The molecule has 0 radical (unpaired) electrons. The van der Waals surface area contributed by atoms with Gasteiger partial charge in [0.1, 0.15) is 4.34 Å². The summed E-state index contributed by atoms with van der Waals surface area (Å²) in [4.78, 5) is 0.865. The first-order chi connectivity index (χ1) is 9.58. The molecule has 0 spiro atoms. The van der Waals surface area contributed by atoms with E-state index in [1.807, 2.05) is 18.2 Å². The van der Waals surface area contributed by atoms with Gasteiger partial charge in [0.05, 0.1) is 6.10 Å². The third-order valence-corrected chi connectivity index (χ3v) is 6.74. The van der Waals surface area contributed by atoms with E-state index in [2.05, 4.69) is 28.1 Å². The summed E-state index contributed by atoms with van der Waals surface area (Å²) in [6.45, 7) is 0.429. The fraction of sp³-hybridized carbons (Fsp3) is 0.333. The normalized spacial score (nSPS) is 22.8. The van der Waals surface area contributed by atoms with Gasteiger partial charge in [-0.05, 0) is 46.0 Å². The van der Waals surface area contributed by atoms with Gasteiger partial charge in [-0.2, -0.15) is 0 Å². The largest absolute Gasteiger partial charge is 0.387 e. The molecule has 20 heavy (non-hydrogen) atoms. The number of aryl methyl sites for hydroxylation is 1. The molecule has 1 aliphatic rings. The lowest BCUT2D eigenvalue weighted by Crippen LogP contribution is -2.38. The van der Waals surface area contributed by atoms with Crippen LogP contribution in [0, 0.1) is 0 Å². The molecular formula is C15H15BrClNOS. The highest BCUT2D eigenvalue weighted by Crippen LogP contribution is 2.49. The van der Waals surface area contributed by atoms with Crippen molar-refractivity contribution >= 4 is 38.9 Å². The maximum atomic E-state index is 10.9. The second kappa shape index (κ2) is 5.43. The smallest absolute Gasteiger partial charge is 0.107 e. The number of fused-ring (bicyclic) bond motifs is 1. The molecule has 0 fully saturated rings. The van der Waals surface area contributed by atoms with Crippen molar-refractivity contribution in [1.82, 2.24) is 0 Å². The molecule has 1 aromatic heterocycles. The first-order valence-electron chi connectivity index (χ1n) is 6.50. The minimum Gasteiger partial charge on any atom is -0.387 e. The van der Waals surface area contributed by atoms with Gasteiger partial charge in [-0.3, -0.25) is 0 Å². The van der Waals surface area contributed by atoms with Crippen molar-refractivity contribution in [2.45, 2.75) is 24.4 Å². The van der Waals surface area contributed by atoms with E-state index < -0.39 is 11.5 Å². The lowest BCUT2D eigenvalue weighted by Gasteiger charge is -2.33. The predicted molar refractivity (Wildman–Crippen MR) is 87.5 cm³/mol. The molecule has 3 rings (SSSR count). The topological polar surface area (TPSA) is 46.2 Å². The van der Waals surface area contributed by atoms with E-state index in [0.29, 0.717) is 10.9 Å². The molecule has 0 saturated heterocycles. The average Bonchev–Trinajstić information content (AvgIpc) is 3.00. The maximum absolute atomic E-state index is 10.9. The molecule has 2 atom stereocenters. The molecule has 3 N–H and O–H groups in total. The summed E-state index contributed by atoms with van der Waals surface area (Å²) in [5.74, 6) is 0. The summed E-state index contributed by atoms with van der Waals surface area (Å²) < 4.78 is 1.49. The highest BCUT2D eigenvalue weighted by atomic mass is 79.9. The van der Waals surface area contributed by atoms with Gasteiger partial charge in [-0.15, -0.1) is 11.3 Å². The van der Waals surface area contributed by atoms with Crippen LogP contribution in [0.3, 0.4) is 0 Å². The van der Waals surface area contributed by atoms with Crippen LogP contribution in [0.15, 0.2) is 34.8 Å². The Morgan fingerprint density at radius 3 is 2.85 bits per heavy atom. The molecule has 1 heterocycles. The highest BCUT2D eigenvalue weighted by Gasteiger charge is 2.44. The van der Waals surface area contributed by atoms with Crippen LogP contribution >= 0.6 is 38.9 Å². The Balaban J connectivity index is 2.06. The Morgan fingerprint density at radius 1 is 1.45 bits per heavy atom. The molecule has 106 valence electrons. The number of hydrogen-bond donors (Lipinski definition) is 2. The van der Waals surface area contributed by atoms with Crippen molar-refractivity contribution in [1.29, 1.82) is 0 Å². The van der Waals surface area contributed by atoms with Gasteiger partial charge in [0.2, 0.25) is 0 Å². The molecule has 0 amide bonds. The number of halogens is 2. The van der Waals surface area contributed by atoms with Crippen molar-refractivity contribution in [3.8, 4) is 0 Å². The molecule has 2 aromatic rings. The fourth-order valence-corrected chi connectivity index (χ4v) is 4.93. The van der Waals surface area contributed by atoms with E-state index in [9.17, 15) is 5.11 Å². The first kappa shape index (κ1) is 14.5. The molecule has 0 bridgehead atoms. The second-order valence-corrected chi connectivity index (χ2v) is 7.73. The average molecular weight is 373 g/mol. The number of hydrogen-bond acceptors (Lipinski definition) is 3. The Labute approximate surface area is 135 Å². The van der Waals surface area contributed by atoms with E-state index in [4.69, 9.17) is 17.3 Å². The van der Waals surface area contributed by atoms with E-state index in [1.54, 1.807) is 0 Å². The minimum absolute atomic E-state index is 0.399. The van der Waals surface area contributed by atoms with Crippen molar-refractivity contribution < 1.29 is 5.11 Å². The van der Waals surface area contributed by atoms with Gasteiger partial charge in [-0.25, -0.2) is 0 Å². The van der Waals surface area contributed by atoms with Crippen LogP contribution in [0.25, 0.3) is 0 Å². The zero-order valence-electron chi connectivity index (χ0n) is 10.8. The first-order valence-corrected chi connectivity index (χ1v) is 8.48. The lowest BCUT2D eigenvalue weighted by atomic mass is 9.76. The van der Waals surface area contributed by atoms with Gasteiger partial charge in [0, 0.05) is 21.3 Å². The van der Waals surface area contributed by atoms with Crippen molar-refractivity contribution in [2.75, 3.05) is 6.54 Å². The third-order valence-electron chi connectivity index (χ3n) is 4.22. The molecule has 5 heteroatoms. The number of thiophene rings is 1. The zero-order chi connectivity index (χ0) is 14.3. The predicted octanol–water partition coefficient (Wildman–Crippen LogP) is 4.04. The van der Waals surface area contributed by atoms with Crippen LogP contribution in [0.4, 0.5) is 0 Å². The highest BCUT2D eigenvalue weighted by molar-refractivity contribution is 9.10. The number of aliphatic hydroxyl groups excluding tert-OH is 1. The lowest BCUT2D eigenvalue weighted by molar-refractivity contribution is 0.0872. The Hall–Kier alpha value is -0.390. The SMILES string of the molecule is NCC1(C(O)c2cc(Br)c(Cl)s2)CCc2ccccc21. The minimum atomic E-state index is -0.620. The summed E-state index contributed by atoms with van der Waals surface area (Å²) >= 11 is 10.9. The van der Waals surface area contributed by atoms with Gasteiger partial charge in [0.15, 0.2) is 0 Å². The van der Waals surface area contributed by atoms with Crippen LogP contribution in [-0.4, -0.2) is 11.7 Å². The van der Waals surface area contributed by atoms with Crippen molar-refractivity contribution in [3.05, 3.63) is 55.1 Å². The van der Waals surface area contributed by atoms with Gasteiger partial charge in [-0.1, -0.05) is 35.9 Å². The standard InChI is InChI=1S/C15H15BrClNOS/c16-11-7-12(20-14(11)17)13(19)15(8-18)6-5-9-3-1-2-4-10(9)15/h1-4,7,13,19H,5-6,8,18H2. The van der Waals surface area contributed by atoms with E-state index in [-0.39, 0.29) is 0 Å². The van der Waals surface area contributed by atoms with Crippen molar-refractivity contribution in [2.24, 2.45) is 5.73 Å². The van der Waals surface area contributed by atoms with Crippen LogP contribution in [-0.2, 0) is 11.8 Å². The van der Waals surface area contributed by atoms with Crippen LogP contribution in [0.2, 0.25) is 4.34 Å². The van der Waals surface area contributed by atoms with E-state index in [0.717, 1.165) is 22.2 Å². The van der Waals surface area contributed by atoms with Crippen LogP contribution < -0.4 is 5.73 Å². The molecular weight excluding hydrogens is 358 g/mol. The molecule has 2 nitrogen and oxygen atoms in total. The molecule has 2 unspecified atom stereocenters. The Morgan fingerprint density at radius 2 is 2.20 bits per heavy atom. The summed E-state index contributed by atoms with van der Waals surface area (Å²) in [7, 11) is 0. The van der Waals surface area contributed by atoms with Gasteiger partial charge >= 0.3 is 0 Å². The second-order valence-electron chi connectivity index (χ2n) is 5.19. The monoisotopic (exact) mass is 371 g/mol. The summed E-state index contributed by atoms with van der Waals surface area (Å²) in [6, 6.07) is 10.2. The van der Waals surface area contributed by atoms with E-state index in [1.165, 1.54) is 22.5 Å².